The summed E-state index contributed by atoms with van der Waals surface area (Å²) in [7, 11) is 0. The molecule has 0 spiro atoms. The second-order valence-corrected chi connectivity index (χ2v) is 6.16. The van der Waals surface area contributed by atoms with Gasteiger partial charge in [-0.3, -0.25) is 28.9 Å². The molecule has 0 atom stereocenters. The van der Waals surface area contributed by atoms with Crippen LogP contribution < -0.4 is 5.32 Å². The Kier molecular flexibility index (Phi) is 7.21. The van der Waals surface area contributed by atoms with E-state index in [0.29, 0.717) is 30.9 Å². The summed E-state index contributed by atoms with van der Waals surface area (Å²) in [4.78, 5) is 74.2. The lowest BCUT2D eigenvalue weighted by Crippen LogP contribution is -2.40. The third-order valence-corrected chi connectivity index (χ3v) is 4.03. The number of hydrogen-bond donors (Lipinski definition) is 1. The molecule has 1 saturated heterocycles. The first-order valence-electron chi connectivity index (χ1n) is 8.75. The van der Waals surface area contributed by atoms with E-state index in [1.165, 1.54) is 0 Å². The number of unbranched alkanes of at least 4 members (excludes halogenated alkanes) is 3. The third-order valence-electron chi connectivity index (χ3n) is 4.03. The molecule has 10 nitrogen and oxygen atoms in total. The normalized spacial score (nSPS) is 16.4. The highest BCUT2D eigenvalue weighted by Crippen LogP contribution is 2.13. The fourth-order valence-corrected chi connectivity index (χ4v) is 2.57. The number of carbonyl (C=O) groups is 6. The standard InChI is InChI=1S/C17H21N3O7/c21-12(11-19-13(22)6-7-14(19)23)18-10-4-2-1-3-5-17(26)27-20-15(24)8-9-16(20)25/h6-7H,1-5,8-11H2,(H,18,21). The molecule has 0 bridgehead atoms. The van der Waals surface area contributed by atoms with E-state index in [1.54, 1.807) is 0 Å². The lowest BCUT2D eigenvalue weighted by atomic mass is 10.1. The second-order valence-electron chi connectivity index (χ2n) is 6.16. The molecular weight excluding hydrogens is 358 g/mol. The summed E-state index contributed by atoms with van der Waals surface area (Å²) < 4.78 is 0. The molecule has 5 amide bonds. The van der Waals surface area contributed by atoms with E-state index < -0.39 is 35.5 Å². The number of hydroxylamine groups is 2. The van der Waals surface area contributed by atoms with Gasteiger partial charge in [0.05, 0.1) is 0 Å². The number of nitrogens with one attached hydrogen (secondary N) is 1. The Hall–Kier alpha value is -3.04. The molecule has 0 radical (unpaired) electrons. The van der Waals surface area contributed by atoms with Gasteiger partial charge < -0.3 is 10.2 Å². The highest BCUT2D eigenvalue weighted by molar-refractivity contribution is 6.14. The number of hydrogen-bond acceptors (Lipinski definition) is 7. The van der Waals surface area contributed by atoms with Crippen LogP contribution in [-0.2, 0) is 33.6 Å². The van der Waals surface area contributed by atoms with Crippen LogP contribution in [0.5, 0.6) is 0 Å². The van der Waals surface area contributed by atoms with Crippen molar-refractivity contribution in [2.24, 2.45) is 0 Å². The zero-order chi connectivity index (χ0) is 19.8. The maximum atomic E-state index is 11.7. The van der Waals surface area contributed by atoms with Crippen molar-refractivity contribution in [2.75, 3.05) is 13.1 Å². The first-order valence-corrected chi connectivity index (χ1v) is 8.75. The Bertz CT molecular complexity index is 632. The van der Waals surface area contributed by atoms with Crippen molar-refractivity contribution in [3.8, 4) is 0 Å². The van der Waals surface area contributed by atoms with Crippen molar-refractivity contribution in [3.05, 3.63) is 12.2 Å². The molecule has 0 aromatic rings. The molecule has 1 fully saturated rings. The van der Waals surface area contributed by atoms with Crippen molar-refractivity contribution in [1.29, 1.82) is 0 Å². The Morgan fingerprint density at radius 3 is 2.15 bits per heavy atom. The first-order chi connectivity index (χ1) is 12.9. The molecular formula is C17H21N3O7. The monoisotopic (exact) mass is 379 g/mol. The van der Waals surface area contributed by atoms with Gasteiger partial charge in [-0.15, -0.1) is 5.06 Å². The molecule has 0 saturated carbocycles. The van der Waals surface area contributed by atoms with Crippen LogP contribution in [0.1, 0.15) is 44.9 Å². The van der Waals surface area contributed by atoms with E-state index in [4.69, 9.17) is 4.84 Å². The zero-order valence-electron chi connectivity index (χ0n) is 14.8. The maximum Gasteiger partial charge on any atom is 0.333 e. The Balaban J connectivity index is 1.48. The minimum Gasteiger partial charge on any atom is -0.355 e. The van der Waals surface area contributed by atoms with Gasteiger partial charge in [0.2, 0.25) is 5.91 Å². The molecule has 2 heterocycles. The van der Waals surface area contributed by atoms with Crippen LogP contribution in [0.15, 0.2) is 12.2 Å². The van der Waals surface area contributed by atoms with Gasteiger partial charge >= 0.3 is 5.97 Å². The first kappa shape index (κ1) is 20.3. The Morgan fingerprint density at radius 1 is 0.926 bits per heavy atom. The quantitative estimate of drug-likeness (QED) is 0.403. The van der Waals surface area contributed by atoms with E-state index in [2.05, 4.69) is 5.32 Å². The molecule has 27 heavy (non-hydrogen) atoms. The van der Waals surface area contributed by atoms with Crippen LogP contribution in [0, 0.1) is 0 Å². The lowest BCUT2D eigenvalue weighted by molar-refractivity contribution is -0.197. The predicted molar refractivity (Wildman–Crippen MR) is 89.1 cm³/mol. The Morgan fingerprint density at radius 2 is 1.52 bits per heavy atom. The largest absolute Gasteiger partial charge is 0.355 e. The fraction of sp³-hybridized carbons (Fsp3) is 0.529. The molecule has 0 aromatic carbocycles. The number of imide groups is 2. The molecule has 2 aliphatic heterocycles. The van der Waals surface area contributed by atoms with E-state index >= 15 is 0 Å². The minimum absolute atomic E-state index is 0.0639. The van der Waals surface area contributed by atoms with Crippen LogP contribution >= 0.6 is 0 Å². The van der Waals surface area contributed by atoms with Gasteiger partial charge in [-0.2, -0.15) is 0 Å². The highest BCUT2D eigenvalue weighted by Gasteiger charge is 2.32. The van der Waals surface area contributed by atoms with Gasteiger partial charge in [-0.25, -0.2) is 4.79 Å². The van der Waals surface area contributed by atoms with Crippen molar-refractivity contribution < 1.29 is 33.6 Å². The summed E-state index contributed by atoms with van der Waals surface area (Å²) in [6.45, 7) is 0.0914. The topological polar surface area (TPSA) is 130 Å². The second kappa shape index (κ2) is 9.60. The number of carbonyl (C=O) groups excluding carboxylic acids is 6. The SMILES string of the molecule is O=C(CN1C(=O)C=CC1=O)NCCCCCCC(=O)ON1C(=O)CCC1=O. The number of nitrogens with zero attached hydrogens (tertiary/aromatic N) is 2. The molecule has 2 aliphatic rings. The van der Waals surface area contributed by atoms with Crippen molar-refractivity contribution in [2.45, 2.75) is 44.9 Å². The zero-order valence-corrected chi connectivity index (χ0v) is 14.8. The van der Waals surface area contributed by atoms with E-state index in [1.807, 2.05) is 0 Å². The summed E-state index contributed by atoms with van der Waals surface area (Å²) >= 11 is 0. The molecule has 10 heteroatoms. The van der Waals surface area contributed by atoms with Crippen LogP contribution in [0.25, 0.3) is 0 Å². The van der Waals surface area contributed by atoms with Gasteiger partial charge in [0.1, 0.15) is 6.54 Å². The van der Waals surface area contributed by atoms with Crippen LogP contribution in [0.2, 0.25) is 0 Å². The van der Waals surface area contributed by atoms with Gasteiger partial charge in [0.25, 0.3) is 23.6 Å². The highest BCUT2D eigenvalue weighted by atomic mass is 16.7. The Labute approximate surface area is 155 Å². The van der Waals surface area contributed by atoms with E-state index in [9.17, 15) is 28.8 Å². The number of rotatable bonds is 10. The average molecular weight is 379 g/mol. The van der Waals surface area contributed by atoms with Crippen LogP contribution in [0.3, 0.4) is 0 Å². The molecule has 0 aliphatic carbocycles. The summed E-state index contributed by atoms with van der Waals surface area (Å²) in [5, 5.41) is 3.15. The fourth-order valence-electron chi connectivity index (χ4n) is 2.57. The van der Waals surface area contributed by atoms with Crippen molar-refractivity contribution in [3.63, 3.8) is 0 Å². The van der Waals surface area contributed by atoms with Gasteiger partial charge in [-0.1, -0.05) is 12.8 Å². The summed E-state index contributed by atoms with van der Waals surface area (Å²) in [5.74, 6) is -3.04. The third kappa shape index (κ3) is 6.01. The molecule has 0 aromatic heterocycles. The van der Waals surface area contributed by atoms with Crippen molar-refractivity contribution in [1.82, 2.24) is 15.3 Å². The molecule has 146 valence electrons. The summed E-state index contributed by atoms with van der Waals surface area (Å²) in [6, 6.07) is 0. The van der Waals surface area contributed by atoms with Crippen LogP contribution in [-0.4, -0.2) is 58.6 Å². The predicted octanol–water partition coefficient (Wildman–Crippen LogP) is -0.415. The minimum atomic E-state index is -0.625. The van der Waals surface area contributed by atoms with Crippen molar-refractivity contribution >= 4 is 35.5 Å². The van der Waals surface area contributed by atoms with E-state index in [-0.39, 0.29) is 25.8 Å². The molecule has 0 unspecified atom stereocenters. The maximum absolute atomic E-state index is 11.7. The van der Waals surface area contributed by atoms with E-state index in [0.717, 1.165) is 23.5 Å². The average Bonchev–Trinajstić information content (AvgIpc) is 3.11. The summed E-state index contributed by atoms with van der Waals surface area (Å²) in [6.07, 6.45) is 5.12. The van der Waals surface area contributed by atoms with Gasteiger partial charge in [0.15, 0.2) is 0 Å². The lowest BCUT2D eigenvalue weighted by Gasteiger charge is -2.13. The smallest absolute Gasteiger partial charge is 0.333 e. The van der Waals surface area contributed by atoms with Gasteiger partial charge in [-0.05, 0) is 12.8 Å². The molecule has 2 rings (SSSR count). The molecule has 1 N–H and O–H groups in total. The van der Waals surface area contributed by atoms with Gasteiger partial charge in [0, 0.05) is 38.0 Å². The summed E-state index contributed by atoms with van der Waals surface area (Å²) in [5.41, 5.74) is 0. The van der Waals surface area contributed by atoms with Crippen LogP contribution in [0.4, 0.5) is 0 Å². The number of amides is 5.